The number of fused-ring (bicyclic) bond motifs is 2. The number of thioether (sulfide) groups is 2. The normalized spacial score (nSPS) is 15.6. The fraction of sp³-hybridized carbons (Fsp3) is 0.316. The molecule has 0 radical (unpaired) electrons. The van der Waals surface area contributed by atoms with Crippen LogP contribution >= 0.6 is 23.5 Å². The minimum Gasteiger partial charge on any atom is -0.272 e. The summed E-state index contributed by atoms with van der Waals surface area (Å²) in [6.07, 6.45) is 4.99. The van der Waals surface area contributed by atoms with E-state index in [1.807, 2.05) is 26.0 Å². The molecule has 8 nitrogen and oxygen atoms in total. The van der Waals surface area contributed by atoms with E-state index >= 15 is 0 Å². The van der Waals surface area contributed by atoms with E-state index in [0.29, 0.717) is 88.0 Å². The molecule has 0 aliphatic carbocycles. The van der Waals surface area contributed by atoms with E-state index < -0.39 is 11.8 Å². The third kappa shape index (κ3) is 4.43. The SMILES string of the molecule is CCCCC(C)N1C(=O)c2ccc3c4c(SC#N)cc5c6c(ccc(c7c(SC#N)cc(c2c37)C1=O)c64)C(=O)N(C(C)CCCC)C5=O. The summed E-state index contributed by atoms with van der Waals surface area (Å²) in [7, 11) is 0. The van der Waals surface area contributed by atoms with Gasteiger partial charge in [-0.25, -0.2) is 0 Å². The highest BCUT2D eigenvalue weighted by Crippen LogP contribution is 2.51. The first-order valence-electron chi connectivity index (χ1n) is 16.4. The lowest BCUT2D eigenvalue weighted by Crippen LogP contribution is -2.46. The van der Waals surface area contributed by atoms with Crippen LogP contribution in [-0.4, -0.2) is 45.5 Å². The zero-order valence-electron chi connectivity index (χ0n) is 27.1. The Hall–Kier alpha value is -4.64. The largest absolute Gasteiger partial charge is 0.272 e. The molecule has 2 heterocycles. The maximum atomic E-state index is 14.2. The number of rotatable bonds is 10. The number of nitrogens with zero attached hydrogens (tertiary/aromatic N) is 4. The summed E-state index contributed by atoms with van der Waals surface area (Å²) >= 11 is 1.87. The maximum absolute atomic E-state index is 14.2. The summed E-state index contributed by atoms with van der Waals surface area (Å²) in [5.41, 5.74) is 1.54. The molecule has 0 spiro atoms. The zero-order chi connectivity index (χ0) is 34.0. The standard InChI is InChI=1S/C38H32N4O4S2/c1-5-7-9-19(3)41-35(43)23-13-11-21-32-28(48-18-40)16-26-30-24(36(44)42(38(26)46)20(4)10-8-6-2)14-12-22(34(30)32)31-27(47-17-39)15-25(37(41)45)29(23)33(21)31/h11-16,19-20H,5-10H2,1-4H3. The lowest BCUT2D eigenvalue weighted by Gasteiger charge is -2.34. The average molecular weight is 673 g/mol. The van der Waals surface area contributed by atoms with Gasteiger partial charge in [0.05, 0.1) is 0 Å². The van der Waals surface area contributed by atoms with Crippen molar-refractivity contribution in [3.05, 3.63) is 58.7 Å². The van der Waals surface area contributed by atoms with Crippen LogP contribution in [0.5, 0.6) is 0 Å². The van der Waals surface area contributed by atoms with Crippen LogP contribution in [0.4, 0.5) is 0 Å². The Morgan fingerprint density at radius 1 is 0.583 bits per heavy atom. The first kappa shape index (κ1) is 31.9. The molecule has 48 heavy (non-hydrogen) atoms. The van der Waals surface area contributed by atoms with Gasteiger partial charge in [-0.2, -0.15) is 10.5 Å². The Labute approximate surface area is 286 Å². The van der Waals surface area contributed by atoms with Gasteiger partial charge in [0.2, 0.25) is 0 Å². The molecule has 0 saturated carbocycles. The Morgan fingerprint density at radius 3 is 1.31 bits per heavy atom. The molecule has 5 aromatic carbocycles. The predicted molar refractivity (Wildman–Crippen MR) is 190 cm³/mol. The number of carbonyl (C=O) groups is 4. The van der Waals surface area contributed by atoms with Crippen molar-refractivity contribution < 1.29 is 19.2 Å². The van der Waals surface area contributed by atoms with Gasteiger partial charge in [0.25, 0.3) is 23.6 Å². The summed E-state index contributed by atoms with van der Waals surface area (Å²) < 4.78 is 0. The molecule has 2 unspecified atom stereocenters. The molecule has 4 amide bonds. The highest BCUT2D eigenvalue weighted by molar-refractivity contribution is 8.04. The number of nitriles is 2. The second-order valence-corrected chi connectivity index (χ2v) is 14.4. The number of benzene rings is 5. The summed E-state index contributed by atoms with van der Waals surface area (Å²) in [5.74, 6) is -1.50. The smallest absolute Gasteiger partial charge is 0.261 e. The monoisotopic (exact) mass is 672 g/mol. The van der Waals surface area contributed by atoms with Gasteiger partial charge >= 0.3 is 0 Å². The molecule has 2 aliphatic heterocycles. The fourth-order valence-electron chi connectivity index (χ4n) is 7.75. The molecule has 2 atom stereocenters. The van der Waals surface area contributed by atoms with Crippen LogP contribution in [0.15, 0.2) is 46.2 Å². The van der Waals surface area contributed by atoms with E-state index in [2.05, 4.69) is 24.6 Å². The molecule has 0 saturated heterocycles. The molecule has 2 aliphatic rings. The number of hydrogen-bond acceptors (Lipinski definition) is 8. The molecule has 5 aromatic rings. The van der Waals surface area contributed by atoms with Crippen LogP contribution in [0.25, 0.3) is 43.1 Å². The third-order valence-electron chi connectivity index (χ3n) is 9.97. The second-order valence-electron chi connectivity index (χ2n) is 12.7. The number of carbonyl (C=O) groups excluding carboxylic acids is 4. The minimum atomic E-state index is -0.393. The molecule has 240 valence electrons. The van der Waals surface area contributed by atoms with Crippen molar-refractivity contribution in [1.29, 1.82) is 10.5 Å². The summed E-state index contributed by atoms with van der Waals surface area (Å²) in [5, 5.41) is 29.4. The third-order valence-corrected chi connectivity index (χ3v) is 11.2. The van der Waals surface area contributed by atoms with E-state index in [1.165, 1.54) is 9.80 Å². The quantitative estimate of drug-likeness (QED) is 0.0473. The number of imide groups is 2. The summed E-state index contributed by atoms with van der Waals surface area (Å²) in [4.78, 5) is 60.2. The average Bonchev–Trinajstić information content (AvgIpc) is 3.07. The van der Waals surface area contributed by atoms with E-state index in [0.717, 1.165) is 49.2 Å². The van der Waals surface area contributed by atoms with Crippen LogP contribution in [0.2, 0.25) is 0 Å². The lowest BCUT2D eigenvalue weighted by atomic mass is 9.81. The molecule has 0 aromatic heterocycles. The molecular weight excluding hydrogens is 641 g/mol. The number of hydrogen-bond donors (Lipinski definition) is 0. The van der Waals surface area contributed by atoms with E-state index in [-0.39, 0.29) is 23.9 Å². The predicted octanol–water partition coefficient (Wildman–Crippen LogP) is 9.23. The van der Waals surface area contributed by atoms with Gasteiger partial charge in [-0.15, -0.1) is 0 Å². The fourth-order valence-corrected chi connectivity index (χ4v) is 8.93. The van der Waals surface area contributed by atoms with Gasteiger partial charge in [0, 0.05) is 76.4 Å². The Morgan fingerprint density at radius 2 is 0.958 bits per heavy atom. The number of unbranched alkanes of at least 4 members (excludes halogenated alkanes) is 2. The van der Waals surface area contributed by atoms with E-state index in [1.54, 1.807) is 24.3 Å². The van der Waals surface area contributed by atoms with Crippen LogP contribution in [0.3, 0.4) is 0 Å². The van der Waals surface area contributed by atoms with Crippen molar-refractivity contribution >= 4 is 90.2 Å². The van der Waals surface area contributed by atoms with Crippen molar-refractivity contribution in [3.63, 3.8) is 0 Å². The van der Waals surface area contributed by atoms with E-state index in [4.69, 9.17) is 0 Å². The number of amides is 4. The highest BCUT2D eigenvalue weighted by Gasteiger charge is 2.40. The van der Waals surface area contributed by atoms with E-state index in [9.17, 15) is 29.7 Å². The first-order valence-corrected chi connectivity index (χ1v) is 18.0. The van der Waals surface area contributed by atoms with Crippen molar-refractivity contribution in [3.8, 4) is 10.8 Å². The van der Waals surface area contributed by atoms with Gasteiger partial charge in [-0.1, -0.05) is 51.7 Å². The van der Waals surface area contributed by atoms with Crippen LogP contribution in [0, 0.1) is 21.3 Å². The number of thiocyanates is 2. The Bertz CT molecular complexity index is 2170. The van der Waals surface area contributed by atoms with Crippen molar-refractivity contribution in [2.45, 2.75) is 88.1 Å². The van der Waals surface area contributed by atoms with Gasteiger partial charge in [-0.05, 0) is 85.3 Å². The molecule has 0 bridgehead atoms. The Kier molecular flexibility index (Phi) is 8.06. The first-order chi connectivity index (χ1) is 23.2. The maximum Gasteiger partial charge on any atom is 0.261 e. The topological polar surface area (TPSA) is 122 Å². The van der Waals surface area contributed by atoms with Crippen LogP contribution < -0.4 is 0 Å². The highest BCUT2D eigenvalue weighted by atomic mass is 32.2. The molecular formula is C38H32N4O4S2. The summed E-state index contributed by atoms with van der Waals surface area (Å²) in [6, 6.07) is 9.99. The Balaban J connectivity index is 1.60. The van der Waals surface area contributed by atoms with Gasteiger partial charge in [-0.3, -0.25) is 29.0 Å². The molecule has 0 N–H and O–H groups in total. The van der Waals surface area contributed by atoms with Crippen LogP contribution in [0.1, 0.15) is 108 Å². The molecule has 7 rings (SSSR count). The summed E-state index contributed by atoms with van der Waals surface area (Å²) in [6.45, 7) is 7.91. The van der Waals surface area contributed by atoms with Gasteiger partial charge in [0.15, 0.2) is 0 Å². The molecule has 0 fully saturated rings. The van der Waals surface area contributed by atoms with Crippen molar-refractivity contribution in [1.82, 2.24) is 9.80 Å². The van der Waals surface area contributed by atoms with Gasteiger partial charge in [0.1, 0.15) is 10.8 Å². The minimum absolute atomic E-state index is 0.303. The van der Waals surface area contributed by atoms with Crippen LogP contribution in [-0.2, 0) is 0 Å². The zero-order valence-corrected chi connectivity index (χ0v) is 28.7. The molecule has 10 heteroatoms. The van der Waals surface area contributed by atoms with Crippen molar-refractivity contribution in [2.75, 3.05) is 0 Å². The second kappa shape index (κ2) is 12.1. The van der Waals surface area contributed by atoms with Crippen molar-refractivity contribution in [2.24, 2.45) is 0 Å². The van der Waals surface area contributed by atoms with Gasteiger partial charge < -0.3 is 0 Å². The lowest BCUT2D eigenvalue weighted by molar-refractivity contribution is 0.0526.